The van der Waals surface area contributed by atoms with Crippen molar-refractivity contribution in [1.29, 1.82) is 0 Å². The molecule has 4 aromatic rings. The number of benzene rings is 2. The van der Waals surface area contributed by atoms with Crippen LogP contribution >= 0.6 is 0 Å². The second kappa shape index (κ2) is 8.66. The molecule has 0 bridgehead atoms. The lowest BCUT2D eigenvalue weighted by Crippen LogP contribution is -2.23. The highest BCUT2D eigenvalue weighted by Crippen LogP contribution is 2.30. The van der Waals surface area contributed by atoms with Gasteiger partial charge in [0.1, 0.15) is 23.4 Å². The molecule has 0 aliphatic heterocycles. The van der Waals surface area contributed by atoms with E-state index in [1.54, 1.807) is 0 Å². The molecule has 0 aliphatic rings. The number of nitrogen functional groups attached to an aromatic ring is 1. The van der Waals surface area contributed by atoms with Crippen LogP contribution in [0.15, 0.2) is 55.0 Å². The lowest BCUT2D eigenvalue weighted by atomic mass is 10.1. The summed E-state index contributed by atoms with van der Waals surface area (Å²) in [4.78, 5) is 21.1. The number of nitrogens with zero attached hydrogens (tertiary/aromatic N) is 3. The van der Waals surface area contributed by atoms with Gasteiger partial charge in [0.05, 0.1) is 18.2 Å². The van der Waals surface area contributed by atoms with Gasteiger partial charge in [0.25, 0.3) is 5.91 Å². The minimum atomic E-state index is -0.497. The minimum absolute atomic E-state index is 0.152. The number of hydrogen-bond acceptors (Lipinski definition) is 5. The third kappa shape index (κ3) is 3.99. The molecule has 0 fully saturated rings. The maximum absolute atomic E-state index is 13.5. The molecule has 0 atom stereocenters. The molecule has 164 valence electrons. The number of anilines is 1. The largest absolute Gasteiger partial charge is 0.496 e. The fraction of sp³-hybridized carbons (Fsp3) is 0.208. The summed E-state index contributed by atoms with van der Waals surface area (Å²) in [6, 6.07) is 11.6. The molecule has 2 heterocycles. The Balaban J connectivity index is 1.56. The number of amides is 1. The Morgan fingerprint density at radius 3 is 2.62 bits per heavy atom. The van der Waals surface area contributed by atoms with E-state index in [9.17, 15) is 9.18 Å². The summed E-state index contributed by atoms with van der Waals surface area (Å²) in [5, 5.41) is 2.80. The average molecular weight is 433 g/mol. The summed E-state index contributed by atoms with van der Waals surface area (Å²) in [6.45, 7) is 4.50. The van der Waals surface area contributed by atoms with Crippen LogP contribution in [0.3, 0.4) is 0 Å². The standard InChI is InChI=1S/C24H24FN5O2/c1-14(2)19-12-30(22-21(19)28-13-29-23(22)26)17-7-4-15(5-8-17)11-27-24(31)18-10-16(25)6-9-20(18)32-3/h4-10,12-14H,11H2,1-3H3,(H,27,31)(H2,26,28,29). The molecule has 0 spiro atoms. The number of carbonyl (C=O) groups excluding carboxylic acids is 1. The van der Waals surface area contributed by atoms with E-state index in [1.165, 1.54) is 25.6 Å². The number of rotatable bonds is 6. The molecule has 0 saturated carbocycles. The maximum atomic E-state index is 13.5. The third-order valence-corrected chi connectivity index (χ3v) is 5.33. The van der Waals surface area contributed by atoms with Gasteiger partial charge >= 0.3 is 0 Å². The van der Waals surface area contributed by atoms with E-state index < -0.39 is 11.7 Å². The summed E-state index contributed by atoms with van der Waals surface area (Å²) in [7, 11) is 1.44. The highest BCUT2D eigenvalue weighted by molar-refractivity contribution is 5.97. The van der Waals surface area contributed by atoms with Crippen molar-refractivity contribution in [3.63, 3.8) is 0 Å². The normalized spacial score (nSPS) is 11.2. The number of hydrogen-bond donors (Lipinski definition) is 2. The van der Waals surface area contributed by atoms with E-state index in [0.29, 0.717) is 11.6 Å². The first-order chi connectivity index (χ1) is 15.4. The van der Waals surface area contributed by atoms with Crippen LogP contribution in [-0.4, -0.2) is 27.6 Å². The fourth-order valence-electron chi connectivity index (χ4n) is 3.64. The highest BCUT2D eigenvalue weighted by Gasteiger charge is 2.17. The molecule has 3 N–H and O–H groups in total. The fourth-order valence-corrected chi connectivity index (χ4v) is 3.64. The SMILES string of the molecule is COc1ccc(F)cc1C(=O)NCc1ccc(-n2cc(C(C)C)c3ncnc(N)c32)cc1. The Morgan fingerprint density at radius 1 is 1.19 bits per heavy atom. The molecule has 0 saturated heterocycles. The number of methoxy groups -OCH3 is 1. The smallest absolute Gasteiger partial charge is 0.255 e. The zero-order valence-corrected chi connectivity index (χ0v) is 18.1. The summed E-state index contributed by atoms with van der Waals surface area (Å²) in [6.07, 6.45) is 3.51. The van der Waals surface area contributed by atoms with Crippen molar-refractivity contribution < 1.29 is 13.9 Å². The van der Waals surface area contributed by atoms with Crippen LogP contribution < -0.4 is 15.8 Å². The van der Waals surface area contributed by atoms with Gasteiger partial charge in [0.15, 0.2) is 5.82 Å². The van der Waals surface area contributed by atoms with Gasteiger partial charge < -0.3 is 20.4 Å². The number of nitrogens with one attached hydrogen (secondary N) is 1. The number of ether oxygens (including phenoxy) is 1. The predicted octanol–water partition coefficient (Wildman–Crippen LogP) is 4.20. The van der Waals surface area contributed by atoms with Crippen LogP contribution in [0.5, 0.6) is 5.75 Å². The minimum Gasteiger partial charge on any atom is -0.496 e. The van der Waals surface area contributed by atoms with Gasteiger partial charge in [-0.3, -0.25) is 4.79 Å². The van der Waals surface area contributed by atoms with Gasteiger partial charge in [0, 0.05) is 18.4 Å². The quantitative estimate of drug-likeness (QED) is 0.475. The van der Waals surface area contributed by atoms with E-state index in [0.717, 1.165) is 33.9 Å². The first kappa shape index (κ1) is 21.3. The van der Waals surface area contributed by atoms with Crippen LogP contribution in [0.2, 0.25) is 0 Å². The predicted molar refractivity (Wildman–Crippen MR) is 121 cm³/mol. The molecule has 0 radical (unpaired) electrons. The van der Waals surface area contributed by atoms with Gasteiger partial charge in [-0.25, -0.2) is 14.4 Å². The Bertz CT molecular complexity index is 1280. The van der Waals surface area contributed by atoms with Crippen LogP contribution in [-0.2, 0) is 6.54 Å². The number of carbonyl (C=O) groups is 1. The Hall–Kier alpha value is -3.94. The summed E-state index contributed by atoms with van der Waals surface area (Å²) < 4.78 is 20.7. The van der Waals surface area contributed by atoms with Crippen LogP contribution in [0, 0.1) is 5.82 Å². The molecule has 7 nitrogen and oxygen atoms in total. The van der Waals surface area contributed by atoms with Gasteiger partial charge in [0.2, 0.25) is 0 Å². The molecule has 0 aliphatic carbocycles. The first-order valence-electron chi connectivity index (χ1n) is 10.2. The van der Waals surface area contributed by atoms with Crippen molar-refractivity contribution in [3.05, 3.63) is 77.5 Å². The molecule has 4 rings (SSSR count). The Kier molecular flexibility index (Phi) is 5.77. The number of nitrogens with two attached hydrogens (primary N) is 1. The lowest BCUT2D eigenvalue weighted by molar-refractivity contribution is 0.0947. The third-order valence-electron chi connectivity index (χ3n) is 5.33. The molecule has 1 amide bonds. The Labute approximate surface area is 185 Å². The zero-order chi connectivity index (χ0) is 22.8. The molecule has 32 heavy (non-hydrogen) atoms. The molecular weight excluding hydrogens is 409 g/mol. The summed E-state index contributed by atoms with van der Waals surface area (Å²) in [5.74, 6) is 0.112. The second-order valence-corrected chi connectivity index (χ2v) is 7.76. The number of fused-ring (bicyclic) bond motifs is 1. The lowest BCUT2D eigenvalue weighted by Gasteiger charge is -2.11. The number of halogens is 1. The van der Waals surface area contributed by atoms with E-state index in [-0.39, 0.29) is 18.0 Å². The van der Waals surface area contributed by atoms with Crippen molar-refractivity contribution in [2.75, 3.05) is 12.8 Å². The van der Waals surface area contributed by atoms with Gasteiger partial charge in [-0.2, -0.15) is 0 Å². The second-order valence-electron chi connectivity index (χ2n) is 7.76. The molecule has 2 aromatic carbocycles. The van der Waals surface area contributed by atoms with Gasteiger partial charge in [-0.15, -0.1) is 0 Å². The molecule has 0 unspecified atom stereocenters. The van der Waals surface area contributed by atoms with E-state index in [4.69, 9.17) is 10.5 Å². The molecule has 8 heteroatoms. The number of aromatic nitrogens is 3. The van der Waals surface area contributed by atoms with Gasteiger partial charge in [-0.05, 0) is 47.4 Å². The monoisotopic (exact) mass is 433 g/mol. The van der Waals surface area contributed by atoms with E-state index in [1.807, 2.05) is 35.0 Å². The highest BCUT2D eigenvalue weighted by atomic mass is 19.1. The summed E-state index contributed by atoms with van der Waals surface area (Å²) >= 11 is 0. The van der Waals surface area contributed by atoms with Crippen molar-refractivity contribution in [2.24, 2.45) is 0 Å². The summed E-state index contributed by atoms with van der Waals surface area (Å²) in [5.41, 5.74) is 10.8. The van der Waals surface area contributed by atoms with Crippen LogP contribution in [0.25, 0.3) is 16.7 Å². The van der Waals surface area contributed by atoms with E-state index in [2.05, 4.69) is 29.1 Å². The van der Waals surface area contributed by atoms with Crippen molar-refractivity contribution in [2.45, 2.75) is 26.3 Å². The van der Waals surface area contributed by atoms with Gasteiger partial charge in [-0.1, -0.05) is 26.0 Å². The Morgan fingerprint density at radius 2 is 1.94 bits per heavy atom. The van der Waals surface area contributed by atoms with E-state index >= 15 is 0 Å². The van der Waals surface area contributed by atoms with Crippen molar-refractivity contribution in [1.82, 2.24) is 19.9 Å². The van der Waals surface area contributed by atoms with Crippen LogP contribution in [0.4, 0.5) is 10.2 Å². The van der Waals surface area contributed by atoms with Crippen molar-refractivity contribution in [3.8, 4) is 11.4 Å². The van der Waals surface area contributed by atoms with Crippen LogP contribution in [0.1, 0.15) is 41.3 Å². The van der Waals surface area contributed by atoms with Crippen molar-refractivity contribution >= 4 is 22.8 Å². The molecule has 2 aromatic heterocycles. The molecular formula is C24H24FN5O2. The first-order valence-corrected chi connectivity index (χ1v) is 10.2. The average Bonchev–Trinajstić information content (AvgIpc) is 3.19. The zero-order valence-electron chi connectivity index (χ0n) is 18.1. The maximum Gasteiger partial charge on any atom is 0.255 e. The topological polar surface area (TPSA) is 95.1 Å².